The maximum Gasteiger partial charge on any atom is 0.201 e. The van der Waals surface area contributed by atoms with Crippen molar-refractivity contribution in [3.05, 3.63) is 0 Å². The van der Waals surface area contributed by atoms with Crippen molar-refractivity contribution in [2.24, 2.45) is 0 Å². The third-order valence-electron chi connectivity index (χ3n) is 2.69. The average Bonchev–Trinajstić information content (AvgIpc) is 2.18. The topological polar surface area (TPSA) is 27.3 Å². The number of hydrogen-bond donors (Lipinski definition) is 2. The number of nitrogens with one attached hydrogen (secondary N) is 2. The van der Waals surface area contributed by atoms with Gasteiger partial charge in [-0.3, -0.25) is 5.01 Å². The Morgan fingerprint density at radius 2 is 1.92 bits per heavy atom. The predicted octanol–water partition coefficient (Wildman–Crippen LogP) is -2.36. The van der Waals surface area contributed by atoms with E-state index in [0.717, 1.165) is 25.9 Å². The molecule has 0 saturated carbocycles. The van der Waals surface area contributed by atoms with E-state index in [0.29, 0.717) is 0 Å². The fourth-order valence-electron chi connectivity index (χ4n) is 1.58. The van der Waals surface area contributed by atoms with Gasteiger partial charge in [-0.15, -0.1) is 6.42 Å². The zero-order chi connectivity index (χ0) is 9.03. The minimum absolute atomic E-state index is 0.0622. The zero-order valence-corrected chi connectivity index (χ0v) is 7.85. The molecular weight excluding hydrogens is 148 g/mol. The van der Waals surface area contributed by atoms with Crippen LogP contribution in [0.25, 0.3) is 0 Å². The van der Waals surface area contributed by atoms with Crippen molar-refractivity contribution >= 4 is 16.0 Å². The van der Waals surface area contributed by atoms with Crippen molar-refractivity contribution in [3.63, 3.8) is 0 Å². The van der Waals surface area contributed by atoms with Crippen LogP contribution in [0.3, 0.4) is 0 Å². The largest absolute Gasteiger partial charge is 0.347 e. The van der Waals surface area contributed by atoms with Crippen LogP contribution in [0.4, 0.5) is 0 Å². The molecule has 1 saturated heterocycles. The monoisotopic (exact) mass is 163 g/mol. The fourth-order valence-corrected chi connectivity index (χ4v) is 1.58. The van der Waals surface area contributed by atoms with Crippen LogP contribution >= 0.6 is 0 Å². The van der Waals surface area contributed by atoms with Crippen molar-refractivity contribution < 1.29 is 0 Å². The quantitative estimate of drug-likeness (QED) is 0.352. The van der Waals surface area contributed by atoms with Crippen LogP contribution in [0.15, 0.2) is 0 Å². The number of rotatable bonds is 2. The molecule has 1 aliphatic rings. The highest BCUT2D eigenvalue weighted by Crippen LogP contribution is 2.19. The summed E-state index contributed by atoms with van der Waals surface area (Å²) in [6, 6.07) is 0. The molecule has 0 amide bonds. The molecule has 0 atom stereocenters. The van der Waals surface area contributed by atoms with Crippen LogP contribution < -0.4 is 10.6 Å². The molecule has 1 heterocycles. The summed E-state index contributed by atoms with van der Waals surface area (Å²) in [5, 5.41) is 8.54. The van der Waals surface area contributed by atoms with E-state index in [1.807, 2.05) is 16.0 Å². The molecular formula is C7H15B2N3. The van der Waals surface area contributed by atoms with Gasteiger partial charge in [0.05, 0.1) is 5.54 Å². The number of hydrazine groups is 1. The molecule has 1 fully saturated rings. The Bertz CT molecular complexity index is 182. The highest BCUT2D eigenvalue weighted by atomic mass is 15.5. The third-order valence-corrected chi connectivity index (χ3v) is 2.69. The zero-order valence-electron chi connectivity index (χ0n) is 7.85. The lowest BCUT2D eigenvalue weighted by Crippen LogP contribution is -2.54. The van der Waals surface area contributed by atoms with Crippen LogP contribution in [0.5, 0.6) is 0 Å². The Balaban J connectivity index is 2.49. The summed E-state index contributed by atoms with van der Waals surface area (Å²) in [5.41, 5.74) is -0.0622. The molecule has 0 aromatic carbocycles. The van der Waals surface area contributed by atoms with Crippen LogP contribution in [0.2, 0.25) is 0 Å². The molecule has 0 radical (unpaired) electrons. The summed E-state index contributed by atoms with van der Waals surface area (Å²) in [5.74, 6) is 2.85. The highest BCUT2D eigenvalue weighted by molar-refractivity contribution is 6.05. The standard InChI is InChI=1S/C7H15B2N3/c1-2-7(10-8)3-5-12(11-9)6-4-7/h1,10-11H,3-6,8-9H2. The highest BCUT2D eigenvalue weighted by Gasteiger charge is 2.29. The molecule has 5 heteroatoms. The first-order chi connectivity index (χ1) is 5.76. The molecule has 0 aromatic rings. The van der Waals surface area contributed by atoms with Crippen molar-refractivity contribution in [3.8, 4) is 12.3 Å². The molecule has 3 nitrogen and oxygen atoms in total. The molecule has 2 N–H and O–H groups in total. The molecule has 1 rings (SSSR count). The van der Waals surface area contributed by atoms with Gasteiger partial charge < -0.3 is 10.6 Å². The Morgan fingerprint density at radius 1 is 1.33 bits per heavy atom. The van der Waals surface area contributed by atoms with Crippen molar-refractivity contribution in [1.29, 1.82) is 0 Å². The minimum atomic E-state index is -0.0622. The lowest BCUT2D eigenvalue weighted by molar-refractivity contribution is 0.160. The normalized spacial score (nSPS) is 23.2. The summed E-state index contributed by atoms with van der Waals surface area (Å²) >= 11 is 0. The van der Waals surface area contributed by atoms with E-state index in [-0.39, 0.29) is 5.54 Å². The number of terminal acetylenes is 1. The van der Waals surface area contributed by atoms with Crippen LogP contribution in [-0.2, 0) is 0 Å². The summed E-state index contributed by atoms with van der Waals surface area (Å²) in [6.07, 6.45) is 7.51. The van der Waals surface area contributed by atoms with Gasteiger partial charge in [-0.05, 0) is 12.8 Å². The first kappa shape index (κ1) is 9.66. The summed E-state index contributed by atoms with van der Waals surface area (Å²) < 4.78 is 0. The third kappa shape index (κ3) is 1.84. The van der Waals surface area contributed by atoms with E-state index < -0.39 is 0 Å². The smallest absolute Gasteiger partial charge is 0.201 e. The fraction of sp³-hybridized carbons (Fsp3) is 0.714. The van der Waals surface area contributed by atoms with Crippen molar-refractivity contribution in [1.82, 2.24) is 15.6 Å². The molecule has 0 unspecified atom stereocenters. The first-order valence-corrected chi connectivity index (χ1v) is 4.35. The van der Waals surface area contributed by atoms with Crippen LogP contribution in [0, 0.1) is 12.3 Å². The second-order valence-electron chi connectivity index (χ2n) is 3.19. The summed E-state index contributed by atoms with van der Waals surface area (Å²) in [6.45, 7) is 2.03. The number of piperidine rings is 1. The number of nitrogens with zero attached hydrogens (tertiary/aromatic N) is 1. The van der Waals surface area contributed by atoms with Gasteiger partial charge >= 0.3 is 0 Å². The Hall–Kier alpha value is -0.430. The molecule has 0 bridgehead atoms. The van der Waals surface area contributed by atoms with Gasteiger partial charge in [0.15, 0.2) is 7.98 Å². The lowest BCUT2D eigenvalue weighted by atomic mass is 9.87. The molecule has 64 valence electrons. The lowest BCUT2D eigenvalue weighted by Gasteiger charge is -2.38. The maximum atomic E-state index is 5.48. The van der Waals surface area contributed by atoms with Gasteiger partial charge in [0.1, 0.15) is 0 Å². The van der Waals surface area contributed by atoms with E-state index >= 15 is 0 Å². The Kier molecular flexibility index (Phi) is 3.21. The first-order valence-electron chi connectivity index (χ1n) is 4.35. The Labute approximate surface area is 76.1 Å². The van der Waals surface area contributed by atoms with Gasteiger partial charge in [0.2, 0.25) is 7.98 Å². The maximum absolute atomic E-state index is 5.48. The van der Waals surface area contributed by atoms with Gasteiger partial charge in [0.25, 0.3) is 0 Å². The van der Waals surface area contributed by atoms with Crippen LogP contribution in [-0.4, -0.2) is 39.6 Å². The predicted molar refractivity (Wildman–Crippen MR) is 55.7 cm³/mol. The number of hydrogen-bond acceptors (Lipinski definition) is 3. The average molecular weight is 163 g/mol. The van der Waals surface area contributed by atoms with Crippen molar-refractivity contribution in [2.45, 2.75) is 18.4 Å². The van der Waals surface area contributed by atoms with Gasteiger partial charge in [-0.1, -0.05) is 5.92 Å². The van der Waals surface area contributed by atoms with E-state index in [9.17, 15) is 0 Å². The molecule has 0 aromatic heterocycles. The minimum Gasteiger partial charge on any atom is -0.347 e. The van der Waals surface area contributed by atoms with Gasteiger partial charge in [-0.2, -0.15) is 0 Å². The molecule has 12 heavy (non-hydrogen) atoms. The molecule has 0 aliphatic carbocycles. The summed E-state index contributed by atoms with van der Waals surface area (Å²) in [4.78, 5) is 0. The van der Waals surface area contributed by atoms with Gasteiger partial charge in [-0.25, -0.2) is 0 Å². The Morgan fingerprint density at radius 3 is 2.25 bits per heavy atom. The van der Waals surface area contributed by atoms with E-state index in [2.05, 4.69) is 21.5 Å². The van der Waals surface area contributed by atoms with Gasteiger partial charge in [0, 0.05) is 13.1 Å². The second kappa shape index (κ2) is 3.99. The molecule has 0 spiro atoms. The van der Waals surface area contributed by atoms with E-state index in [1.54, 1.807) is 0 Å². The van der Waals surface area contributed by atoms with Crippen LogP contribution in [0.1, 0.15) is 12.8 Å². The van der Waals surface area contributed by atoms with E-state index in [4.69, 9.17) is 6.42 Å². The van der Waals surface area contributed by atoms with Crippen molar-refractivity contribution in [2.75, 3.05) is 13.1 Å². The van der Waals surface area contributed by atoms with E-state index in [1.165, 1.54) is 0 Å². The SMILES string of the molecule is BNN1CCC(C#C)(NB)CC1. The molecule has 1 aliphatic heterocycles. The summed E-state index contributed by atoms with van der Waals surface area (Å²) in [7, 11) is 3.89. The second-order valence-corrected chi connectivity index (χ2v) is 3.19.